The summed E-state index contributed by atoms with van der Waals surface area (Å²) in [6, 6.07) is -0.0666. The molecule has 2 atom stereocenters. The standard InChI is InChI=1S/C11H19N3O3/c1-13-6-7-14(11(13)17)9-5-3-2-4-8(9)12-10(15)16/h8-9,12H,2-7H2,1H3,(H,15,16)/t8-,9-/m1/s1. The normalized spacial score (nSPS) is 29.6. The number of carbonyl (C=O) groups excluding carboxylic acids is 1. The molecule has 3 amide bonds. The Labute approximate surface area is 101 Å². The van der Waals surface area contributed by atoms with E-state index in [-0.39, 0.29) is 18.1 Å². The third kappa shape index (κ3) is 2.45. The molecular weight excluding hydrogens is 222 g/mol. The number of rotatable bonds is 2. The van der Waals surface area contributed by atoms with Crippen LogP contribution in [0.1, 0.15) is 25.7 Å². The summed E-state index contributed by atoms with van der Waals surface area (Å²) in [7, 11) is 1.78. The molecule has 0 unspecified atom stereocenters. The Hall–Kier alpha value is -1.46. The third-order valence-electron chi connectivity index (χ3n) is 3.69. The van der Waals surface area contributed by atoms with Crippen LogP contribution in [0.3, 0.4) is 0 Å². The third-order valence-corrected chi connectivity index (χ3v) is 3.69. The molecule has 0 aromatic carbocycles. The lowest BCUT2D eigenvalue weighted by Gasteiger charge is -2.37. The Morgan fingerprint density at radius 3 is 2.65 bits per heavy atom. The highest BCUT2D eigenvalue weighted by Gasteiger charge is 2.37. The van der Waals surface area contributed by atoms with E-state index in [0.29, 0.717) is 6.54 Å². The molecule has 0 spiro atoms. The SMILES string of the molecule is CN1CCN([C@@H]2CCCC[C@H]2NC(=O)O)C1=O. The Bertz CT molecular complexity index is 321. The van der Waals surface area contributed by atoms with Crippen LogP contribution in [0, 0.1) is 0 Å². The molecule has 96 valence electrons. The van der Waals surface area contributed by atoms with Gasteiger partial charge in [-0.2, -0.15) is 0 Å². The summed E-state index contributed by atoms with van der Waals surface area (Å²) in [6.45, 7) is 1.44. The monoisotopic (exact) mass is 241 g/mol. The number of carbonyl (C=O) groups is 2. The van der Waals surface area contributed by atoms with E-state index in [9.17, 15) is 9.59 Å². The molecule has 0 aromatic heterocycles. The summed E-state index contributed by atoms with van der Waals surface area (Å²) in [4.78, 5) is 26.2. The van der Waals surface area contributed by atoms with Crippen LogP contribution in [0.4, 0.5) is 9.59 Å². The maximum Gasteiger partial charge on any atom is 0.404 e. The molecule has 1 saturated carbocycles. The van der Waals surface area contributed by atoms with Crippen molar-refractivity contribution >= 4 is 12.1 Å². The lowest BCUT2D eigenvalue weighted by molar-refractivity contribution is 0.137. The lowest BCUT2D eigenvalue weighted by Crippen LogP contribution is -2.53. The molecule has 2 N–H and O–H groups in total. The van der Waals surface area contributed by atoms with Crippen LogP contribution in [0.5, 0.6) is 0 Å². The first-order chi connectivity index (χ1) is 8.09. The number of carboxylic acid groups (broad SMARTS) is 1. The maximum atomic E-state index is 11.9. The predicted octanol–water partition coefficient (Wildman–Crippen LogP) is 0.933. The molecule has 2 rings (SSSR count). The minimum atomic E-state index is -0.998. The first kappa shape index (κ1) is 12.0. The minimum absolute atomic E-state index is 0.0223. The van der Waals surface area contributed by atoms with Gasteiger partial charge < -0.3 is 20.2 Å². The number of nitrogens with one attached hydrogen (secondary N) is 1. The van der Waals surface area contributed by atoms with E-state index in [2.05, 4.69) is 5.32 Å². The fourth-order valence-corrected chi connectivity index (χ4v) is 2.79. The molecule has 1 aliphatic heterocycles. The van der Waals surface area contributed by atoms with Crippen molar-refractivity contribution < 1.29 is 14.7 Å². The zero-order chi connectivity index (χ0) is 12.4. The molecule has 6 heteroatoms. The molecule has 17 heavy (non-hydrogen) atoms. The van der Waals surface area contributed by atoms with Crippen molar-refractivity contribution in [1.29, 1.82) is 0 Å². The smallest absolute Gasteiger partial charge is 0.404 e. The zero-order valence-electron chi connectivity index (χ0n) is 10.1. The molecule has 6 nitrogen and oxygen atoms in total. The van der Waals surface area contributed by atoms with Gasteiger partial charge in [0.15, 0.2) is 0 Å². The first-order valence-electron chi connectivity index (χ1n) is 6.11. The van der Waals surface area contributed by atoms with Gasteiger partial charge in [-0.3, -0.25) is 0 Å². The fourth-order valence-electron chi connectivity index (χ4n) is 2.79. The molecular formula is C11H19N3O3. The van der Waals surface area contributed by atoms with Gasteiger partial charge in [0.2, 0.25) is 0 Å². The molecule has 1 aliphatic carbocycles. The van der Waals surface area contributed by atoms with Gasteiger partial charge in [0.05, 0.1) is 12.1 Å². The highest BCUT2D eigenvalue weighted by molar-refractivity contribution is 5.76. The van der Waals surface area contributed by atoms with E-state index in [1.807, 2.05) is 4.90 Å². The number of amides is 3. The van der Waals surface area contributed by atoms with Crippen molar-refractivity contribution in [2.75, 3.05) is 20.1 Å². The Morgan fingerprint density at radius 1 is 1.35 bits per heavy atom. The van der Waals surface area contributed by atoms with Crippen molar-refractivity contribution in [3.63, 3.8) is 0 Å². The Morgan fingerprint density at radius 2 is 2.06 bits per heavy atom. The number of hydrogen-bond donors (Lipinski definition) is 2. The second kappa shape index (κ2) is 4.81. The second-order valence-electron chi connectivity index (χ2n) is 4.81. The van der Waals surface area contributed by atoms with Gasteiger partial charge in [-0.15, -0.1) is 0 Å². The minimum Gasteiger partial charge on any atom is -0.465 e. The summed E-state index contributed by atoms with van der Waals surface area (Å²) in [5.41, 5.74) is 0. The van der Waals surface area contributed by atoms with Gasteiger partial charge in [-0.25, -0.2) is 9.59 Å². The summed E-state index contributed by atoms with van der Waals surface area (Å²) >= 11 is 0. The second-order valence-corrected chi connectivity index (χ2v) is 4.81. The van der Waals surface area contributed by atoms with Crippen molar-refractivity contribution in [3.8, 4) is 0 Å². The Balaban J connectivity index is 2.05. The maximum absolute atomic E-state index is 11.9. The molecule has 1 saturated heterocycles. The van der Waals surface area contributed by atoms with E-state index >= 15 is 0 Å². The fraction of sp³-hybridized carbons (Fsp3) is 0.818. The molecule has 2 fully saturated rings. The van der Waals surface area contributed by atoms with Gasteiger partial charge in [0, 0.05) is 20.1 Å². The van der Waals surface area contributed by atoms with Crippen LogP contribution < -0.4 is 5.32 Å². The summed E-state index contributed by atoms with van der Waals surface area (Å²) in [5, 5.41) is 11.4. The number of nitrogens with zero attached hydrogens (tertiary/aromatic N) is 2. The highest BCUT2D eigenvalue weighted by atomic mass is 16.4. The molecule has 0 aromatic rings. The zero-order valence-corrected chi connectivity index (χ0v) is 10.1. The first-order valence-corrected chi connectivity index (χ1v) is 6.11. The number of urea groups is 1. The topological polar surface area (TPSA) is 72.9 Å². The van der Waals surface area contributed by atoms with Crippen LogP contribution in [0.2, 0.25) is 0 Å². The molecule has 2 aliphatic rings. The summed E-state index contributed by atoms with van der Waals surface area (Å²) in [6.07, 6.45) is 2.81. The quantitative estimate of drug-likeness (QED) is 0.755. The summed E-state index contributed by atoms with van der Waals surface area (Å²) in [5.74, 6) is 0. The van der Waals surface area contributed by atoms with E-state index in [1.54, 1.807) is 11.9 Å². The number of likely N-dealkylation sites (N-methyl/N-ethyl adjacent to an activating group) is 1. The van der Waals surface area contributed by atoms with Crippen LogP contribution in [-0.2, 0) is 0 Å². The average molecular weight is 241 g/mol. The van der Waals surface area contributed by atoms with Gasteiger partial charge in [-0.1, -0.05) is 12.8 Å². The van der Waals surface area contributed by atoms with E-state index in [4.69, 9.17) is 5.11 Å². The van der Waals surface area contributed by atoms with E-state index < -0.39 is 6.09 Å². The molecule has 0 radical (unpaired) electrons. The molecule has 1 heterocycles. The van der Waals surface area contributed by atoms with Crippen LogP contribution in [-0.4, -0.2) is 59.3 Å². The van der Waals surface area contributed by atoms with Gasteiger partial charge >= 0.3 is 12.1 Å². The van der Waals surface area contributed by atoms with Crippen molar-refractivity contribution in [2.45, 2.75) is 37.8 Å². The predicted molar refractivity (Wildman–Crippen MR) is 61.9 cm³/mol. The van der Waals surface area contributed by atoms with Gasteiger partial charge in [0.25, 0.3) is 0 Å². The van der Waals surface area contributed by atoms with Gasteiger partial charge in [-0.05, 0) is 12.8 Å². The average Bonchev–Trinajstić information content (AvgIpc) is 2.60. The van der Waals surface area contributed by atoms with Crippen LogP contribution >= 0.6 is 0 Å². The Kier molecular flexibility index (Phi) is 3.40. The van der Waals surface area contributed by atoms with Crippen LogP contribution in [0.25, 0.3) is 0 Å². The molecule has 0 bridgehead atoms. The lowest BCUT2D eigenvalue weighted by atomic mass is 9.89. The van der Waals surface area contributed by atoms with Crippen molar-refractivity contribution in [2.24, 2.45) is 0 Å². The van der Waals surface area contributed by atoms with Gasteiger partial charge in [0.1, 0.15) is 0 Å². The largest absolute Gasteiger partial charge is 0.465 e. The number of hydrogen-bond acceptors (Lipinski definition) is 2. The van der Waals surface area contributed by atoms with Crippen molar-refractivity contribution in [3.05, 3.63) is 0 Å². The highest BCUT2D eigenvalue weighted by Crippen LogP contribution is 2.25. The van der Waals surface area contributed by atoms with E-state index in [0.717, 1.165) is 32.2 Å². The van der Waals surface area contributed by atoms with Crippen molar-refractivity contribution in [1.82, 2.24) is 15.1 Å². The summed E-state index contributed by atoms with van der Waals surface area (Å²) < 4.78 is 0. The van der Waals surface area contributed by atoms with E-state index in [1.165, 1.54) is 0 Å². The van der Waals surface area contributed by atoms with Crippen LogP contribution in [0.15, 0.2) is 0 Å².